The number of H-pyrrole nitrogens is 1. The number of methoxy groups -OCH3 is 2. The number of benzene rings is 1. The van der Waals surface area contributed by atoms with Crippen LogP contribution in [0.2, 0.25) is 0 Å². The first-order chi connectivity index (χ1) is 10.1. The maximum Gasteiger partial charge on any atom is 0.296 e. The number of rotatable bonds is 5. The number of amides is 1. The third kappa shape index (κ3) is 2.94. The van der Waals surface area contributed by atoms with Crippen molar-refractivity contribution in [3.63, 3.8) is 0 Å². The number of carbonyl (C=O) groups excluding carboxylic acids is 1. The molecule has 0 saturated heterocycles. The molecule has 8 heteroatoms. The number of nitro groups is 1. The van der Waals surface area contributed by atoms with Crippen LogP contribution in [0, 0.1) is 10.1 Å². The minimum atomic E-state index is -0.605. The summed E-state index contributed by atoms with van der Waals surface area (Å²) in [4.78, 5) is 25.2. The van der Waals surface area contributed by atoms with Crippen molar-refractivity contribution in [1.29, 1.82) is 0 Å². The zero-order chi connectivity index (χ0) is 15.4. The highest BCUT2D eigenvalue weighted by Crippen LogP contribution is 2.37. The lowest BCUT2D eigenvalue weighted by Gasteiger charge is -2.11. The van der Waals surface area contributed by atoms with Gasteiger partial charge in [-0.2, -0.15) is 0 Å². The van der Waals surface area contributed by atoms with Crippen molar-refractivity contribution in [1.82, 2.24) is 4.98 Å². The van der Waals surface area contributed by atoms with Crippen LogP contribution >= 0.6 is 0 Å². The lowest BCUT2D eigenvalue weighted by atomic mass is 10.2. The maximum atomic E-state index is 12.0. The molecule has 1 heterocycles. The fourth-order valence-electron chi connectivity index (χ4n) is 1.78. The molecule has 0 unspecified atom stereocenters. The lowest BCUT2D eigenvalue weighted by molar-refractivity contribution is -0.384. The summed E-state index contributed by atoms with van der Waals surface area (Å²) in [6.45, 7) is 0. The summed E-state index contributed by atoms with van der Waals surface area (Å²) in [5, 5.41) is 13.6. The van der Waals surface area contributed by atoms with E-state index in [4.69, 9.17) is 9.47 Å². The molecule has 1 aromatic carbocycles. The number of nitro benzene ring substituents is 1. The molecule has 0 atom stereocenters. The smallest absolute Gasteiger partial charge is 0.296 e. The molecular formula is C13H13N3O5. The Balaban J connectivity index is 2.41. The van der Waals surface area contributed by atoms with Gasteiger partial charge in [0.15, 0.2) is 11.5 Å². The normalized spacial score (nSPS) is 10.0. The number of nitrogens with zero attached hydrogens (tertiary/aromatic N) is 1. The monoisotopic (exact) mass is 291 g/mol. The van der Waals surface area contributed by atoms with Crippen LogP contribution in [0.4, 0.5) is 11.4 Å². The zero-order valence-electron chi connectivity index (χ0n) is 11.4. The molecule has 0 bridgehead atoms. The van der Waals surface area contributed by atoms with Crippen molar-refractivity contribution in [2.75, 3.05) is 19.5 Å². The first-order valence-corrected chi connectivity index (χ1v) is 5.92. The molecule has 0 aliphatic carbocycles. The van der Waals surface area contributed by atoms with Crippen LogP contribution in [0.3, 0.4) is 0 Å². The summed E-state index contributed by atoms with van der Waals surface area (Å²) in [7, 11) is 2.78. The Hall–Kier alpha value is -3.03. The largest absolute Gasteiger partial charge is 0.493 e. The highest BCUT2D eigenvalue weighted by Gasteiger charge is 2.21. The molecule has 0 saturated carbocycles. The van der Waals surface area contributed by atoms with Gasteiger partial charge in [-0.25, -0.2) is 0 Å². The molecular weight excluding hydrogens is 278 g/mol. The van der Waals surface area contributed by atoms with Crippen LogP contribution in [-0.4, -0.2) is 30.0 Å². The van der Waals surface area contributed by atoms with E-state index >= 15 is 0 Å². The van der Waals surface area contributed by atoms with Crippen molar-refractivity contribution in [3.8, 4) is 11.5 Å². The first-order valence-electron chi connectivity index (χ1n) is 5.92. The van der Waals surface area contributed by atoms with Crippen LogP contribution < -0.4 is 14.8 Å². The lowest BCUT2D eigenvalue weighted by Crippen LogP contribution is -2.13. The SMILES string of the molecule is COc1cc(NC(=O)c2ccc[nH]2)c([N+](=O)[O-])cc1OC. The first kappa shape index (κ1) is 14.4. The summed E-state index contributed by atoms with van der Waals surface area (Å²) in [6, 6.07) is 5.75. The van der Waals surface area contributed by atoms with E-state index in [1.807, 2.05) is 0 Å². The number of nitrogens with one attached hydrogen (secondary N) is 2. The summed E-state index contributed by atoms with van der Waals surface area (Å²) >= 11 is 0. The number of aromatic nitrogens is 1. The average molecular weight is 291 g/mol. The van der Waals surface area contributed by atoms with Gasteiger partial charge in [0.25, 0.3) is 11.6 Å². The molecule has 8 nitrogen and oxygen atoms in total. The zero-order valence-corrected chi connectivity index (χ0v) is 11.4. The molecule has 0 radical (unpaired) electrons. The highest BCUT2D eigenvalue weighted by atomic mass is 16.6. The van der Waals surface area contributed by atoms with Crippen molar-refractivity contribution in [3.05, 3.63) is 46.3 Å². The van der Waals surface area contributed by atoms with E-state index in [1.54, 1.807) is 18.3 Å². The number of carbonyl (C=O) groups is 1. The van der Waals surface area contributed by atoms with Gasteiger partial charge in [-0.1, -0.05) is 0 Å². The summed E-state index contributed by atoms with van der Waals surface area (Å²) in [5.41, 5.74) is 0.0314. The van der Waals surface area contributed by atoms with Gasteiger partial charge in [-0.3, -0.25) is 14.9 Å². The van der Waals surface area contributed by atoms with Crippen molar-refractivity contribution >= 4 is 17.3 Å². The molecule has 2 aromatic rings. The average Bonchev–Trinajstić information content (AvgIpc) is 3.00. The quantitative estimate of drug-likeness (QED) is 0.648. The van der Waals surface area contributed by atoms with E-state index in [0.717, 1.165) is 0 Å². The van der Waals surface area contributed by atoms with E-state index in [9.17, 15) is 14.9 Å². The Morgan fingerprint density at radius 3 is 2.48 bits per heavy atom. The summed E-state index contributed by atoms with van der Waals surface area (Å²) in [5.74, 6) is 0.00211. The van der Waals surface area contributed by atoms with Gasteiger partial charge in [0.05, 0.1) is 25.2 Å². The molecule has 110 valence electrons. The second-order valence-electron chi connectivity index (χ2n) is 4.02. The van der Waals surface area contributed by atoms with Crippen LogP contribution in [0.25, 0.3) is 0 Å². The van der Waals surface area contributed by atoms with Crippen molar-refractivity contribution < 1.29 is 19.2 Å². The van der Waals surface area contributed by atoms with Gasteiger partial charge in [-0.05, 0) is 12.1 Å². The minimum Gasteiger partial charge on any atom is -0.493 e. The summed E-state index contributed by atoms with van der Waals surface area (Å²) in [6.07, 6.45) is 1.58. The van der Waals surface area contributed by atoms with E-state index in [0.29, 0.717) is 5.69 Å². The Morgan fingerprint density at radius 1 is 1.29 bits per heavy atom. The van der Waals surface area contributed by atoms with E-state index < -0.39 is 10.8 Å². The fourth-order valence-corrected chi connectivity index (χ4v) is 1.78. The molecule has 2 rings (SSSR count). The molecule has 0 aliphatic rings. The molecule has 21 heavy (non-hydrogen) atoms. The van der Waals surface area contributed by atoms with Gasteiger partial charge in [0.1, 0.15) is 11.4 Å². The number of ether oxygens (including phenoxy) is 2. The number of aromatic amines is 1. The highest BCUT2D eigenvalue weighted by molar-refractivity contribution is 6.04. The molecule has 0 aliphatic heterocycles. The Bertz CT molecular complexity index is 667. The van der Waals surface area contributed by atoms with Crippen LogP contribution in [0.1, 0.15) is 10.5 Å². The van der Waals surface area contributed by atoms with Gasteiger partial charge in [0, 0.05) is 12.3 Å². The molecule has 0 fully saturated rings. The van der Waals surface area contributed by atoms with E-state index in [1.165, 1.54) is 26.4 Å². The van der Waals surface area contributed by atoms with E-state index in [2.05, 4.69) is 10.3 Å². The van der Waals surface area contributed by atoms with Gasteiger partial charge in [0.2, 0.25) is 0 Å². The maximum absolute atomic E-state index is 12.0. The van der Waals surface area contributed by atoms with Crippen LogP contribution in [-0.2, 0) is 0 Å². The molecule has 1 aromatic heterocycles. The van der Waals surface area contributed by atoms with E-state index in [-0.39, 0.29) is 22.9 Å². The third-order valence-corrected chi connectivity index (χ3v) is 2.79. The molecule has 0 spiro atoms. The van der Waals surface area contributed by atoms with Gasteiger partial charge >= 0.3 is 0 Å². The van der Waals surface area contributed by atoms with Crippen molar-refractivity contribution in [2.45, 2.75) is 0 Å². The summed E-state index contributed by atoms with van der Waals surface area (Å²) < 4.78 is 10.1. The predicted molar refractivity (Wildman–Crippen MR) is 74.9 cm³/mol. The van der Waals surface area contributed by atoms with Gasteiger partial charge < -0.3 is 19.8 Å². The second-order valence-corrected chi connectivity index (χ2v) is 4.02. The number of hydrogen-bond acceptors (Lipinski definition) is 5. The molecule has 2 N–H and O–H groups in total. The predicted octanol–water partition coefficient (Wildman–Crippen LogP) is 2.19. The van der Waals surface area contributed by atoms with Crippen LogP contribution in [0.15, 0.2) is 30.5 Å². The Labute approximate surface area is 119 Å². The number of anilines is 1. The Kier molecular flexibility index (Phi) is 4.07. The fraction of sp³-hybridized carbons (Fsp3) is 0.154. The minimum absolute atomic E-state index is 0.0252. The van der Waals surface area contributed by atoms with Crippen molar-refractivity contribution in [2.24, 2.45) is 0 Å². The topological polar surface area (TPSA) is 106 Å². The standard InChI is InChI=1S/C13H13N3O5/c1-20-11-6-9(10(16(18)19)7-12(11)21-2)15-13(17)8-4-3-5-14-8/h3-7,14H,1-2H3,(H,15,17). The molecule has 1 amide bonds. The van der Waals surface area contributed by atoms with Crippen LogP contribution in [0.5, 0.6) is 11.5 Å². The second kappa shape index (κ2) is 5.95. The number of hydrogen-bond donors (Lipinski definition) is 2. The van der Waals surface area contributed by atoms with Gasteiger partial charge in [-0.15, -0.1) is 0 Å². The third-order valence-electron chi connectivity index (χ3n) is 2.79. The Morgan fingerprint density at radius 2 is 1.95 bits per heavy atom.